The number of hydrogen-bond acceptors (Lipinski definition) is 5. The molecule has 42 heavy (non-hydrogen) atoms. The van der Waals surface area contributed by atoms with Crippen LogP contribution in [-0.4, -0.2) is 23.4 Å². The number of fused-ring (bicyclic) bond motifs is 7. The molecule has 7 heteroatoms. The van der Waals surface area contributed by atoms with E-state index in [0.717, 1.165) is 37.7 Å². The SMILES string of the molecule is CC(C)C(=O)NNC(=O)[C@]12CCC(C)(C)CC1C1C(=O)C=C3[C@@]4(C)C=C(C#N)C(=O)C(C)(C)[C@@H]4CC[C@@]3(C)[C@]1(C)CC2. The summed E-state index contributed by atoms with van der Waals surface area (Å²) in [4.78, 5) is 54.2. The van der Waals surface area contributed by atoms with Crippen LogP contribution in [0.25, 0.3) is 0 Å². The van der Waals surface area contributed by atoms with Gasteiger partial charge in [-0.2, -0.15) is 5.26 Å². The molecule has 7 atom stereocenters. The third kappa shape index (κ3) is 3.95. The van der Waals surface area contributed by atoms with Gasteiger partial charge in [0.05, 0.1) is 11.0 Å². The Bertz CT molecular complexity index is 1360. The average Bonchev–Trinajstić information content (AvgIpc) is 2.90. The summed E-state index contributed by atoms with van der Waals surface area (Å²) in [5.41, 5.74) is 3.90. The Hall–Kier alpha value is -2.75. The van der Waals surface area contributed by atoms with E-state index in [1.165, 1.54) is 0 Å². The largest absolute Gasteiger partial charge is 0.295 e. The van der Waals surface area contributed by atoms with Crippen molar-refractivity contribution in [2.75, 3.05) is 0 Å². The third-order valence-corrected chi connectivity index (χ3v) is 13.1. The monoisotopic (exact) mass is 575 g/mol. The predicted molar refractivity (Wildman–Crippen MR) is 160 cm³/mol. The molecule has 2 unspecified atom stereocenters. The number of hydrogen-bond donors (Lipinski definition) is 2. The van der Waals surface area contributed by atoms with Crippen LogP contribution < -0.4 is 10.9 Å². The lowest BCUT2D eigenvalue weighted by Gasteiger charge is -2.69. The molecule has 3 fully saturated rings. The highest BCUT2D eigenvalue weighted by molar-refractivity contribution is 6.04. The Kier molecular flexibility index (Phi) is 6.85. The summed E-state index contributed by atoms with van der Waals surface area (Å²) in [6, 6.07) is 2.17. The van der Waals surface area contributed by atoms with Crippen LogP contribution in [0, 0.1) is 67.5 Å². The van der Waals surface area contributed by atoms with Gasteiger partial charge in [0.25, 0.3) is 0 Å². The number of allylic oxidation sites excluding steroid dienone is 4. The molecule has 0 heterocycles. The molecule has 0 aromatic rings. The molecule has 5 rings (SSSR count). The van der Waals surface area contributed by atoms with Gasteiger partial charge in [0.2, 0.25) is 11.8 Å². The van der Waals surface area contributed by atoms with Gasteiger partial charge in [-0.1, -0.05) is 74.0 Å². The first kappa shape index (κ1) is 30.7. The number of rotatable bonds is 2. The lowest BCUT2D eigenvalue weighted by molar-refractivity contribution is -0.179. The van der Waals surface area contributed by atoms with Crippen molar-refractivity contribution in [1.82, 2.24) is 10.9 Å². The van der Waals surface area contributed by atoms with Crippen LogP contribution in [0.3, 0.4) is 0 Å². The number of nitrogens with zero attached hydrogens (tertiary/aromatic N) is 1. The first-order valence-electron chi connectivity index (χ1n) is 15.9. The maximum absolute atomic E-state index is 14.6. The molecule has 2 N–H and O–H groups in total. The Morgan fingerprint density at radius 1 is 0.952 bits per heavy atom. The average molecular weight is 576 g/mol. The second-order valence-corrected chi connectivity index (χ2v) is 16.5. The van der Waals surface area contributed by atoms with E-state index in [1.807, 2.05) is 26.0 Å². The van der Waals surface area contributed by atoms with E-state index >= 15 is 0 Å². The van der Waals surface area contributed by atoms with Crippen molar-refractivity contribution in [2.24, 2.45) is 56.2 Å². The van der Waals surface area contributed by atoms with Gasteiger partial charge in [0.1, 0.15) is 6.07 Å². The number of Topliss-reactive ketones (excluding diaryl/α,β-unsaturated/α-hetero) is 1. The molecular formula is C35H49N3O4. The summed E-state index contributed by atoms with van der Waals surface area (Å²) in [6.07, 6.45) is 9.13. The highest BCUT2D eigenvalue weighted by Crippen LogP contribution is 2.74. The van der Waals surface area contributed by atoms with Crippen LogP contribution in [0.2, 0.25) is 0 Å². The molecule has 0 radical (unpaired) electrons. The van der Waals surface area contributed by atoms with Crippen LogP contribution in [0.4, 0.5) is 0 Å². The van der Waals surface area contributed by atoms with Gasteiger partial charge in [-0.05, 0) is 79.1 Å². The van der Waals surface area contributed by atoms with E-state index in [1.54, 1.807) is 13.8 Å². The summed E-state index contributed by atoms with van der Waals surface area (Å²) < 4.78 is 0. The maximum Gasteiger partial charge on any atom is 0.244 e. The fourth-order valence-corrected chi connectivity index (χ4v) is 10.4. The van der Waals surface area contributed by atoms with Crippen molar-refractivity contribution >= 4 is 23.4 Å². The number of nitrogens with one attached hydrogen (secondary N) is 2. The van der Waals surface area contributed by atoms with Gasteiger partial charge in [-0.15, -0.1) is 0 Å². The molecule has 3 saturated carbocycles. The Morgan fingerprint density at radius 3 is 2.21 bits per heavy atom. The highest BCUT2D eigenvalue weighted by Gasteiger charge is 2.70. The molecule has 5 aliphatic carbocycles. The molecule has 7 nitrogen and oxygen atoms in total. The van der Waals surface area contributed by atoms with Crippen molar-refractivity contribution in [1.29, 1.82) is 5.26 Å². The number of ketones is 2. The smallest absolute Gasteiger partial charge is 0.244 e. The fraction of sp³-hybridized carbons (Fsp3) is 0.743. The second-order valence-electron chi connectivity index (χ2n) is 16.5. The van der Waals surface area contributed by atoms with Gasteiger partial charge >= 0.3 is 0 Å². The molecule has 0 bridgehead atoms. The molecule has 228 valence electrons. The van der Waals surface area contributed by atoms with E-state index in [9.17, 15) is 24.4 Å². The minimum absolute atomic E-state index is 0.00600. The van der Waals surface area contributed by atoms with E-state index in [4.69, 9.17) is 0 Å². The molecular weight excluding hydrogens is 526 g/mol. The zero-order valence-electron chi connectivity index (χ0n) is 27.0. The van der Waals surface area contributed by atoms with E-state index in [-0.39, 0.29) is 63.5 Å². The number of hydrazine groups is 1. The van der Waals surface area contributed by atoms with Crippen LogP contribution >= 0.6 is 0 Å². The molecule has 0 aromatic carbocycles. The zero-order chi connectivity index (χ0) is 31.3. The first-order chi connectivity index (χ1) is 19.3. The van der Waals surface area contributed by atoms with Crippen molar-refractivity contribution in [3.05, 3.63) is 23.3 Å². The summed E-state index contributed by atoms with van der Waals surface area (Å²) in [7, 11) is 0. The topological polar surface area (TPSA) is 116 Å². The van der Waals surface area contributed by atoms with Crippen LogP contribution in [0.1, 0.15) is 107 Å². The second kappa shape index (κ2) is 9.37. The molecule has 0 aliphatic heterocycles. The van der Waals surface area contributed by atoms with Gasteiger partial charge in [-0.25, -0.2) is 0 Å². The number of amides is 2. The van der Waals surface area contributed by atoms with Crippen LogP contribution in [-0.2, 0) is 19.2 Å². The number of carbonyl (C=O) groups excluding carboxylic acids is 4. The van der Waals surface area contributed by atoms with Crippen molar-refractivity contribution in [3.8, 4) is 6.07 Å². The van der Waals surface area contributed by atoms with Gasteiger partial charge in [-0.3, -0.25) is 30.0 Å². The van der Waals surface area contributed by atoms with Gasteiger partial charge in [0.15, 0.2) is 11.6 Å². The lowest BCUT2D eigenvalue weighted by Crippen LogP contribution is -2.67. The van der Waals surface area contributed by atoms with Crippen LogP contribution in [0.15, 0.2) is 23.3 Å². The number of carbonyl (C=O) groups is 4. The maximum atomic E-state index is 14.6. The Balaban J connectivity index is 1.62. The van der Waals surface area contributed by atoms with Crippen molar-refractivity contribution < 1.29 is 19.2 Å². The molecule has 5 aliphatic rings. The van der Waals surface area contributed by atoms with Crippen molar-refractivity contribution in [2.45, 2.75) is 107 Å². The summed E-state index contributed by atoms with van der Waals surface area (Å²) in [6.45, 7) is 18.7. The lowest BCUT2D eigenvalue weighted by atomic mass is 9.34. The van der Waals surface area contributed by atoms with E-state index < -0.39 is 21.7 Å². The summed E-state index contributed by atoms with van der Waals surface area (Å²) in [5.74, 6) is -1.18. The fourth-order valence-electron chi connectivity index (χ4n) is 10.4. The van der Waals surface area contributed by atoms with Crippen LogP contribution in [0.5, 0.6) is 0 Å². The van der Waals surface area contributed by atoms with Gasteiger partial charge in [0, 0.05) is 22.7 Å². The minimum atomic E-state index is -0.727. The Morgan fingerprint density at radius 2 is 1.60 bits per heavy atom. The zero-order valence-corrected chi connectivity index (χ0v) is 27.0. The molecule has 0 spiro atoms. The summed E-state index contributed by atoms with van der Waals surface area (Å²) in [5, 5.41) is 9.93. The quantitative estimate of drug-likeness (QED) is 0.391. The number of nitriles is 1. The molecule has 0 aromatic heterocycles. The minimum Gasteiger partial charge on any atom is -0.295 e. The van der Waals surface area contributed by atoms with Crippen molar-refractivity contribution in [3.63, 3.8) is 0 Å². The standard InChI is InChI=1S/C35H49N3O4/c1-20(2)28(41)37-38-29(42)35-14-12-30(3,4)18-22(35)26-23(39)16-25-32(7)17-21(19-36)27(40)31(5,6)24(32)10-11-33(25,8)34(26,9)13-15-35/h16-17,20,22,24,26H,10-15,18H2,1-9H3,(H,37,41)(H,38,42)/t22?,24-,26?,32-,33+,34+,35-/m0/s1. The Labute approximate surface area is 251 Å². The predicted octanol–water partition coefficient (Wildman–Crippen LogP) is 6.01. The first-order valence-corrected chi connectivity index (χ1v) is 15.9. The molecule has 2 amide bonds. The summed E-state index contributed by atoms with van der Waals surface area (Å²) >= 11 is 0. The molecule has 0 saturated heterocycles. The van der Waals surface area contributed by atoms with E-state index in [2.05, 4.69) is 51.5 Å². The highest BCUT2D eigenvalue weighted by atomic mass is 16.2. The normalized spacial score (nSPS) is 41.6. The van der Waals surface area contributed by atoms with Gasteiger partial charge < -0.3 is 0 Å². The van der Waals surface area contributed by atoms with E-state index in [0.29, 0.717) is 12.8 Å². The third-order valence-electron chi connectivity index (χ3n) is 13.1.